The molecule has 21 heavy (non-hydrogen) atoms. The second-order valence-electron chi connectivity index (χ2n) is 4.75. The van der Waals surface area contributed by atoms with E-state index in [2.05, 4.69) is 50.8 Å². The van der Waals surface area contributed by atoms with Crippen LogP contribution in [0, 0.1) is 0 Å². The van der Waals surface area contributed by atoms with Gasteiger partial charge in [-0.1, -0.05) is 40.6 Å². The number of unbranched alkanes of at least 4 members (excludes halogenated alkanes) is 1. The first-order chi connectivity index (χ1) is 10.2. The van der Waals surface area contributed by atoms with Crippen LogP contribution >= 0.6 is 39.0 Å². The van der Waals surface area contributed by atoms with Crippen LogP contribution in [0.3, 0.4) is 0 Å². The monoisotopic (exact) mass is 386 g/mol. The Labute approximate surface area is 141 Å². The zero-order valence-corrected chi connectivity index (χ0v) is 15.5. The molecule has 0 saturated carbocycles. The molecule has 2 rings (SSSR count). The van der Waals surface area contributed by atoms with Crippen LogP contribution in [0.2, 0.25) is 0 Å². The van der Waals surface area contributed by atoms with Crippen molar-refractivity contribution in [3.8, 4) is 0 Å². The number of fused-ring (bicyclic) bond motifs is 1. The number of thiazole rings is 1. The predicted octanol–water partition coefficient (Wildman–Crippen LogP) is 4.45. The highest BCUT2D eigenvalue weighted by Crippen LogP contribution is 2.22. The minimum atomic E-state index is -0.0135. The molecule has 0 spiro atoms. The summed E-state index contributed by atoms with van der Waals surface area (Å²) < 4.78 is 4.37. The third kappa shape index (κ3) is 4.44. The van der Waals surface area contributed by atoms with E-state index in [9.17, 15) is 4.79 Å². The standard InChI is InChI=1S/C15H19BrN2OS2/c1-3-4-5-14(19)17-15-18(8-9-20-2)12-7-6-11(16)10-13(12)21-15/h6-7,10H,3-5,8-9H2,1-2H3. The average Bonchev–Trinajstić information content (AvgIpc) is 2.79. The van der Waals surface area contributed by atoms with Crippen molar-refractivity contribution in [3.63, 3.8) is 0 Å². The lowest BCUT2D eigenvalue weighted by Crippen LogP contribution is -2.18. The van der Waals surface area contributed by atoms with Crippen molar-refractivity contribution in [1.82, 2.24) is 4.57 Å². The lowest BCUT2D eigenvalue weighted by molar-refractivity contribution is -0.118. The summed E-state index contributed by atoms with van der Waals surface area (Å²) in [5.41, 5.74) is 1.15. The van der Waals surface area contributed by atoms with Crippen LogP contribution in [-0.2, 0) is 11.3 Å². The third-order valence-electron chi connectivity index (χ3n) is 3.13. The summed E-state index contributed by atoms with van der Waals surface area (Å²) in [4.78, 5) is 17.1. The van der Waals surface area contributed by atoms with Gasteiger partial charge in [0.1, 0.15) is 0 Å². The molecule has 0 unspecified atom stereocenters. The molecule has 3 nitrogen and oxygen atoms in total. The SMILES string of the molecule is CCCCC(=O)N=c1sc2cc(Br)ccc2n1CCSC. The zero-order chi connectivity index (χ0) is 15.2. The Morgan fingerprint density at radius 1 is 1.48 bits per heavy atom. The molecule has 1 aromatic carbocycles. The van der Waals surface area contributed by atoms with Gasteiger partial charge in [0, 0.05) is 23.2 Å². The van der Waals surface area contributed by atoms with E-state index in [4.69, 9.17) is 0 Å². The number of aryl methyl sites for hydroxylation is 1. The van der Waals surface area contributed by atoms with Gasteiger partial charge in [0.15, 0.2) is 4.80 Å². The van der Waals surface area contributed by atoms with Gasteiger partial charge >= 0.3 is 0 Å². The minimum Gasteiger partial charge on any atom is -0.316 e. The van der Waals surface area contributed by atoms with Crippen molar-refractivity contribution in [2.75, 3.05) is 12.0 Å². The molecule has 0 aliphatic carbocycles. The molecule has 0 fully saturated rings. The first kappa shape index (κ1) is 16.8. The second-order valence-corrected chi connectivity index (χ2v) is 7.66. The molecule has 0 aliphatic heterocycles. The van der Waals surface area contributed by atoms with Gasteiger partial charge in [-0.2, -0.15) is 16.8 Å². The number of hydrogen-bond donors (Lipinski definition) is 0. The molecule has 1 amide bonds. The van der Waals surface area contributed by atoms with Crippen molar-refractivity contribution in [3.05, 3.63) is 27.5 Å². The fourth-order valence-electron chi connectivity index (χ4n) is 2.02. The molecular formula is C15H19BrN2OS2. The number of thioether (sulfide) groups is 1. The van der Waals surface area contributed by atoms with Crippen LogP contribution in [0.25, 0.3) is 10.2 Å². The highest BCUT2D eigenvalue weighted by Gasteiger charge is 2.08. The highest BCUT2D eigenvalue weighted by atomic mass is 79.9. The van der Waals surface area contributed by atoms with Crippen LogP contribution in [0.5, 0.6) is 0 Å². The van der Waals surface area contributed by atoms with Gasteiger partial charge in [-0.15, -0.1) is 0 Å². The molecule has 0 N–H and O–H groups in total. The topological polar surface area (TPSA) is 34.4 Å². The molecular weight excluding hydrogens is 368 g/mol. The summed E-state index contributed by atoms with van der Waals surface area (Å²) in [6, 6.07) is 6.21. The van der Waals surface area contributed by atoms with Crippen LogP contribution in [0.15, 0.2) is 27.7 Å². The van der Waals surface area contributed by atoms with Gasteiger partial charge < -0.3 is 4.57 Å². The number of amides is 1. The van der Waals surface area contributed by atoms with E-state index in [-0.39, 0.29) is 5.91 Å². The summed E-state index contributed by atoms with van der Waals surface area (Å²) in [5, 5.41) is 0. The summed E-state index contributed by atoms with van der Waals surface area (Å²) in [5.74, 6) is 0.999. The lowest BCUT2D eigenvalue weighted by atomic mass is 10.2. The number of carbonyl (C=O) groups is 1. The van der Waals surface area contributed by atoms with Crippen LogP contribution < -0.4 is 4.80 Å². The van der Waals surface area contributed by atoms with Crippen molar-refractivity contribution in [1.29, 1.82) is 0 Å². The maximum absolute atomic E-state index is 12.0. The fourth-order valence-corrected chi connectivity index (χ4v) is 4.01. The fraction of sp³-hybridized carbons (Fsp3) is 0.467. The Kier molecular flexibility index (Phi) is 6.51. The van der Waals surface area contributed by atoms with E-state index in [1.807, 2.05) is 6.07 Å². The van der Waals surface area contributed by atoms with E-state index < -0.39 is 0 Å². The van der Waals surface area contributed by atoms with Gasteiger partial charge in [-0.25, -0.2) is 0 Å². The van der Waals surface area contributed by atoms with Crippen molar-refractivity contribution in [2.45, 2.75) is 32.7 Å². The van der Waals surface area contributed by atoms with Gasteiger partial charge in [0.2, 0.25) is 5.91 Å². The largest absolute Gasteiger partial charge is 0.316 e. The first-order valence-corrected chi connectivity index (χ1v) is 10.0. The molecule has 0 radical (unpaired) electrons. The predicted molar refractivity (Wildman–Crippen MR) is 96.0 cm³/mol. The molecule has 0 atom stereocenters. The Morgan fingerprint density at radius 2 is 2.29 bits per heavy atom. The Morgan fingerprint density at radius 3 is 3.00 bits per heavy atom. The minimum absolute atomic E-state index is 0.0135. The average molecular weight is 387 g/mol. The van der Waals surface area contributed by atoms with E-state index in [1.165, 1.54) is 0 Å². The Hall–Kier alpha value is -0.590. The van der Waals surface area contributed by atoms with Gasteiger partial charge in [-0.3, -0.25) is 4.79 Å². The summed E-state index contributed by atoms with van der Waals surface area (Å²) >= 11 is 6.89. The van der Waals surface area contributed by atoms with Crippen molar-refractivity contribution >= 4 is 55.2 Å². The summed E-state index contributed by atoms with van der Waals surface area (Å²) in [6.45, 7) is 2.96. The molecule has 1 heterocycles. The summed E-state index contributed by atoms with van der Waals surface area (Å²) in [6.07, 6.45) is 4.56. The van der Waals surface area contributed by atoms with E-state index in [0.717, 1.165) is 44.6 Å². The zero-order valence-electron chi connectivity index (χ0n) is 12.3. The molecule has 6 heteroatoms. The molecule has 2 aromatic rings. The Balaban J connectivity index is 2.45. The lowest BCUT2D eigenvalue weighted by Gasteiger charge is -2.03. The molecule has 1 aromatic heterocycles. The van der Waals surface area contributed by atoms with E-state index >= 15 is 0 Å². The van der Waals surface area contributed by atoms with Crippen LogP contribution in [0.4, 0.5) is 0 Å². The van der Waals surface area contributed by atoms with E-state index in [1.54, 1.807) is 23.1 Å². The van der Waals surface area contributed by atoms with Crippen LogP contribution in [0.1, 0.15) is 26.2 Å². The molecule has 114 valence electrons. The number of benzene rings is 1. The number of aromatic nitrogens is 1. The Bertz CT molecular complexity index is 691. The van der Waals surface area contributed by atoms with E-state index in [0.29, 0.717) is 6.42 Å². The molecule has 0 bridgehead atoms. The quantitative estimate of drug-likeness (QED) is 0.734. The number of carbonyl (C=O) groups excluding carboxylic acids is 1. The van der Waals surface area contributed by atoms with Crippen molar-refractivity contribution < 1.29 is 4.79 Å². The maximum Gasteiger partial charge on any atom is 0.248 e. The second kappa shape index (κ2) is 8.15. The number of nitrogens with zero attached hydrogens (tertiary/aromatic N) is 2. The van der Waals surface area contributed by atoms with Crippen LogP contribution in [-0.4, -0.2) is 22.5 Å². The first-order valence-electron chi connectivity index (χ1n) is 7.01. The number of rotatable bonds is 6. The highest BCUT2D eigenvalue weighted by molar-refractivity contribution is 9.10. The number of hydrogen-bond acceptors (Lipinski definition) is 3. The van der Waals surface area contributed by atoms with Gasteiger partial charge in [-0.05, 0) is 30.9 Å². The maximum atomic E-state index is 12.0. The molecule has 0 aliphatic rings. The number of halogens is 1. The molecule has 0 saturated heterocycles. The van der Waals surface area contributed by atoms with Crippen molar-refractivity contribution in [2.24, 2.45) is 4.99 Å². The summed E-state index contributed by atoms with van der Waals surface area (Å²) in [7, 11) is 0. The van der Waals surface area contributed by atoms with Gasteiger partial charge in [0.05, 0.1) is 10.2 Å². The van der Waals surface area contributed by atoms with Gasteiger partial charge in [0.25, 0.3) is 0 Å². The normalized spacial score (nSPS) is 12.2. The smallest absolute Gasteiger partial charge is 0.248 e. The third-order valence-corrected chi connectivity index (χ3v) is 5.25.